The fraction of sp³-hybridized carbons (Fsp3) is 0.571. The summed E-state index contributed by atoms with van der Waals surface area (Å²) >= 11 is 6.89. The number of carbonyl (C=O) groups is 2. The molecule has 6 heteroatoms. The van der Waals surface area contributed by atoms with E-state index in [1.807, 2.05) is 0 Å². The van der Waals surface area contributed by atoms with Crippen molar-refractivity contribution in [1.82, 2.24) is 5.32 Å². The number of hydrogen-bond acceptors (Lipinski definition) is 4. The van der Waals surface area contributed by atoms with Crippen LogP contribution in [0.3, 0.4) is 0 Å². The summed E-state index contributed by atoms with van der Waals surface area (Å²) in [4.78, 5) is 23.9. The van der Waals surface area contributed by atoms with Crippen LogP contribution >= 0.6 is 22.9 Å². The molecule has 1 aliphatic carbocycles. The summed E-state index contributed by atoms with van der Waals surface area (Å²) in [6.07, 6.45) is 4.50. The summed E-state index contributed by atoms with van der Waals surface area (Å²) in [5, 5.41) is 2.94. The van der Waals surface area contributed by atoms with Gasteiger partial charge in [-0.2, -0.15) is 0 Å². The van der Waals surface area contributed by atoms with Gasteiger partial charge in [0.05, 0.1) is 4.34 Å². The van der Waals surface area contributed by atoms with Crippen LogP contribution in [0.1, 0.15) is 42.3 Å². The molecule has 0 aromatic carbocycles. The first-order chi connectivity index (χ1) is 9.56. The summed E-state index contributed by atoms with van der Waals surface area (Å²) in [5.74, 6) is -0.256. The predicted molar refractivity (Wildman–Crippen MR) is 79.2 cm³/mol. The predicted octanol–water partition coefficient (Wildman–Crippen LogP) is 3.25. The van der Waals surface area contributed by atoms with Crippen LogP contribution in [0.25, 0.3) is 0 Å². The molecule has 0 bridgehead atoms. The molecule has 2 rings (SSSR count). The third-order valence-corrected chi connectivity index (χ3v) is 4.78. The highest BCUT2D eigenvalue weighted by atomic mass is 35.5. The molecule has 1 amide bonds. The summed E-state index contributed by atoms with van der Waals surface area (Å²) in [6.45, 7) is 1.90. The average molecular weight is 316 g/mol. The van der Waals surface area contributed by atoms with Crippen molar-refractivity contribution in [2.45, 2.75) is 38.6 Å². The van der Waals surface area contributed by atoms with E-state index in [0.29, 0.717) is 15.1 Å². The van der Waals surface area contributed by atoms with Crippen molar-refractivity contribution >= 4 is 34.8 Å². The van der Waals surface area contributed by atoms with Gasteiger partial charge in [-0.3, -0.25) is 4.79 Å². The summed E-state index contributed by atoms with van der Waals surface area (Å²) in [6, 6.07) is 3.43. The van der Waals surface area contributed by atoms with E-state index in [0.717, 1.165) is 30.6 Å². The normalized spacial score (nSPS) is 22.3. The van der Waals surface area contributed by atoms with Gasteiger partial charge in [-0.25, -0.2) is 4.79 Å². The Morgan fingerprint density at radius 1 is 1.40 bits per heavy atom. The highest BCUT2D eigenvalue weighted by Crippen LogP contribution is 2.24. The Bertz CT molecular complexity index is 489. The summed E-state index contributed by atoms with van der Waals surface area (Å²) in [5.41, 5.74) is 0. The number of halogens is 1. The average Bonchev–Trinajstić information content (AvgIpc) is 2.85. The molecule has 0 saturated heterocycles. The number of rotatable bonds is 4. The third-order valence-electron chi connectivity index (χ3n) is 3.57. The van der Waals surface area contributed by atoms with Gasteiger partial charge in [-0.1, -0.05) is 31.4 Å². The Balaban J connectivity index is 1.76. The first kappa shape index (κ1) is 15.3. The lowest BCUT2D eigenvalue weighted by atomic mass is 9.86. The zero-order valence-corrected chi connectivity index (χ0v) is 12.9. The molecule has 4 nitrogen and oxygen atoms in total. The Labute approximate surface area is 127 Å². The Morgan fingerprint density at radius 3 is 2.80 bits per heavy atom. The maximum atomic E-state index is 11.8. The molecule has 1 aliphatic rings. The highest BCUT2D eigenvalue weighted by molar-refractivity contribution is 7.17. The van der Waals surface area contributed by atoms with Gasteiger partial charge in [-0.15, -0.1) is 11.3 Å². The zero-order chi connectivity index (χ0) is 14.5. The summed E-state index contributed by atoms with van der Waals surface area (Å²) < 4.78 is 5.51. The van der Waals surface area contributed by atoms with Crippen LogP contribution in [0.15, 0.2) is 12.1 Å². The molecule has 0 unspecified atom stereocenters. The molecule has 1 aromatic rings. The van der Waals surface area contributed by atoms with Crippen molar-refractivity contribution in [3.8, 4) is 0 Å². The van der Waals surface area contributed by atoms with E-state index in [1.165, 1.54) is 6.42 Å². The van der Waals surface area contributed by atoms with Crippen LogP contribution in [-0.4, -0.2) is 24.5 Å². The molecule has 0 aliphatic heterocycles. The lowest BCUT2D eigenvalue weighted by Gasteiger charge is -2.29. The summed E-state index contributed by atoms with van der Waals surface area (Å²) in [7, 11) is 0. The first-order valence-corrected chi connectivity index (χ1v) is 7.97. The largest absolute Gasteiger partial charge is 0.451 e. The maximum absolute atomic E-state index is 11.8. The van der Waals surface area contributed by atoms with E-state index in [-0.39, 0.29) is 18.6 Å². The SMILES string of the molecule is C[C@@H]1CCCC[C@@H]1NC(=O)COC(=O)c1ccc(Cl)s1. The highest BCUT2D eigenvalue weighted by Gasteiger charge is 2.23. The van der Waals surface area contributed by atoms with Gasteiger partial charge in [0, 0.05) is 6.04 Å². The molecule has 0 spiro atoms. The number of amides is 1. The van der Waals surface area contributed by atoms with E-state index >= 15 is 0 Å². The number of thiophene rings is 1. The smallest absolute Gasteiger partial charge is 0.348 e. The molecule has 2 atom stereocenters. The molecule has 1 saturated carbocycles. The fourth-order valence-electron chi connectivity index (χ4n) is 2.41. The minimum Gasteiger partial charge on any atom is -0.451 e. The van der Waals surface area contributed by atoms with Gasteiger partial charge in [0.1, 0.15) is 4.88 Å². The fourth-order valence-corrected chi connectivity index (χ4v) is 3.34. The molecule has 110 valence electrons. The lowest BCUT2D eigenvalue weighted by Crippen LogP contribution is -2.42. The molecule has 1 aromatic heterocycles. The van der Waals surface area contributed by atoms with Crippen LogP contribution in [-0.2, 0) is 9.53 Å². The van der Waals surface area contributed by atoms with E-state index in [9.17, 15) is 9.59 Å². The van der Waals surface area contributed by atoms with Gasteiger partial charge in [0.15, 0.2) is 6.61 Å². The molecule has 1 N–H and O–H groups in total. The van der Waals surface area contributed by atoms with Crippen molar-refractivity contribution in [3.63, 3.8) is 0 Å². The van der Waals surface area contributed by atoms with Crippen LogP contribution in [0, 0.1) is 5.92 Å². The van der Waals surface area contributed by atoms with Crippen LogP contribution in [0.2, 0.25) is 4.34 Å². The molecular formula is C14H18ClNO3S. The van der Waals surface area contributed by atoms with E-state index in [4.69, 9.17) is 16.3 Å². The number of hydrogen-bond donors (Lipinski definition) is 1. The molecule has 0 radical (unpaired) electrons. The quantitative estimate of drug-likeness (QED) is 0.868. The van der Waals surface area contributed by atoms with Crippen molar-refractivity contribution in [1.29, 1.82) is 0 Å². The monoisotopic (exact) mass is 315 g/mol. The maximum Gasteiger partial charge on any atom is 0.348 e. The van der Waals surface area contributed by atoms with Gasteiger partial charge >= 0.3 is 5.97 Å². The molecule has 20 heavy (non-hydrogen) atoms. The van der Waals surface area contributed by atoms with E-state index < -0.39 is 5.97 Å². The second-order valence-electron chi connectivity index (χ2n) is 5.12. The standard InChI is InChI=1S/C14H18ClNO3S/c1-9-4-2-3-5-10(9)16-13(17)8-19-14(18)11-6-7-12(15)20-11/h6-7,9-10H,2-5,8H2,1H3,(H,16,17)/t9-,10+/m1/s1. The number of ether oxygens (including phenoxy) is 1. The van der Waals surface area contributed by atoms with Crippen LogP contribution in [0.5, 0.6) is 0 Å². The first-order valence-electron chi connectivity index (χ1n) is 6.78. The van der Waals surface area contributed by atoms with Gasteiger partial charge < -0.3 is 10.1 Å². The number of nitrogens with one attached hydrogen (secondary N) is 1. The molecule has 1 heterocycles. The van der Waals surface area contributed by atoms with Crippen LogP contribution in [0.4, 0.5) is 0 Å². The topological polar surface area (TPSA) is 55.4 Å². The van der Waals surface area contributed by atoms with Gasteiger partial charge in [-0.05, 0) is 30.9 Å². The van der Waals surface area contributed by atoms with E-state index in [1.54, 1.807) is 12.1 Å². The number of carbonyl (C=O) groups excluding carboxylic acids is 2. The minimum atomic E-state index is -0.506. The van der Waals surface area contributed by atoms with Crippen molar-refractivity contribution < 1.29 is 14.3 Å². The Morgan fingerprint density at radius 2 is 2.15 bits per heavy atom. The van der Waals surface area contributed by atoms with E-state index in [2.05, 4.69) is 12.2 Å². The third kappa shape index (κ3) is 4.21. The second-order valence-corrected chi connectivity index (χ2v) is 6.83. The minimum absolute atomic E-state index is 0.200. The molecular weight excluding hydrogens is 298 g/mol. The van der Waals surface area contributed by atoms with Gasteiger partial charge in [0.2, 0.25) is 0 Å². The van der Waals surface area contributed by atoms with Crippen LogP contribution < -0.4 is 5.32 Å². The second kappa shape index (κ2) is 7.09. The Hall–Kier alpha value is -1.07. The van der Waals surface area contributed by atoms with Gasteiger partial charge in [0.25, 0.3) is 5.91 Å². The van der Waals surface area contributed by atoms with Crippen molar-refractivity contribution in [3.05, 3.63) is 21.3 Å². The van der Waals surface area contributed by atoms with Crippen molar-refractivity contribution in [2.24, 2.45) is 5.92 Å². The molecule has 1 fully saturated rings. The number of esters is 1. The van der Waals surface area contributed by atoms with Crippen molar-refractivity contribution in [2.75, 3.05) is 6.61 Å². The Kier molecular flexibility index (Phi) is 5.43. The zero-order valence-electron chi connectivity index (χ0n) is 11.4. The lowest BCUT2D eigenvalue weighted by molar-refractivity contribution is -0.125.